The number of halogens is 1. The van der Waals surface area contributed by atoms with Crippen molar-refractivity contribution in [3.63, 3.8) is 0 Å². The normalized spacial score (nSPS) is 12.3. The second kappa shape index (κ2) is 7.79. The van der Waals surface area contributed by atoms with E-state index in [2.05, 4.69) is 16.8 Å². The lowest BCUT2D eigenvalue weighted by atomic mass is 10.3. The van der Waals surface area contributed by atoms with Crippen molar-refractivity contribution in [3.8, 4) is 0 Å². The number of carbonyl (C=O) groups excluding carboxylic acids is 1. The van der Waals surface area contributed by atoms with Crippen LogP contribution < -0.4 is 0 Å². The smallest absolute Gasteiger partial charge is 0.360 e. The van der Waals surface area contributed by atoms with Gasteiger partial charge in [0.1, 0.15) is 5.17 Å². The van der Waals surface area contributed by atoms with Gasteiger partial charge in [0.15, 0.2) is 5.71 Å². The first-order chi connectivity index (χ1) is 8.69. The SMILES string of the molecule is C=CC/C(Cl)=N\N=C(\C(=O)OCC)c1cccs1. The van der Waals surface area contributed by atoms with Crippen LogP contribution in [0.5, 0.6) is 0 Å². The summed E-state index contributed by atoms with van der Waals surface area (Å²) < 4.78 is 4.92. The van der Waals surface area contributed by atoms with Crippen LogP contribution in [0.25, 0.3) is 0 Å². The number of esters is 1. The Balaban J connectivity index is 2.98. The molecule has 0 aliphatic heterocycles. The molecule has 0 bridgehead atoms. The van der Waals surface area contributed by atoms with E-state index in [1.54, 1.807) is 19.1 Å². The maximum Gasteiger partial charge on any atom is 0.360 e. The molecule has 1 aromatic heterocycles. The molecule has 0 aromatic carbocycles. The van der Waals surface area contributed by atoms with E-state index in [1.807, 2.05) is 11.4 Å². The molecule has 18 heavy (non-hydrogen) atoms. The average Bonchev–Trinajstić information content (AvgIpc) is 2.83. The Labute approximate surface area is 115 Å². The Bertz CT molecular complexity index is 466. The van der Waals surface area contributed by atoms with Crippen LogP contribution in [-0.4, -0.2) is 23.5 Å². The highest BCUT2D eigenvalue weighted by Crippen LogP contribution is 2.12. The lowest BCUT2D eigenvalue weighted by Crippen LogP contribution is -2.17. The quantitative estimate of drug-likeness (QED) is 0.348. The third kappa shape index (κ3) is 4.43. The molecule has 96 valence electrons. The van der Waals surface area contributed by atoms with Crippen molar-refractivity contribution in [2.24, 2.45) is 10.2 Å². The fourth-order valence-electron chi connectivity index (χ4n) is 1.07. The van der Waals surface area contributed by atoms with Crippen molar-refractivity contribution in [3.05, 3.63) is 35.0 Å². The Morgan fingerprint density at radius 1 is 1.61 bits per heavy atom. The molecule has 0 saturated carbocycles. The number of allylic oxidation sites excluding steroid dienone is 1. The first-order valence-corrected chi connectivity index (χ1v) is 6.56. The molecule has 0 aliphatic carbocycles. The molecule has 0 N–H and O–H groups in total. The number of hydrogen-bond acceptors (Lipinski definition) is 5. The van der Waals surface area contributed by atoms with E-state index >= 15 is 0 Å². The van der Waals surface area contributed by atoms with Crippen LogP contribution in [-0.2, 0) is 9.53 Å². The van der Waals surface area contributed by atoms with Crippen molar-refractivity contribution in [2.45, 2.75) is 13.3 Å². The molecule has 0 fully saturated rings. The monoisotopic (exact) mass is 284 g/mol. The number of rotatable bonds is 6. The molecule has 0 saturated heterocycles. The minimum Gasteiger partial charge on any atom is -0.461 e. The Morgan fingerprint density at radius 3 is 2.94 bits per heavy atom. The zero-order chi connectivity index (χ0) is 13.4. The molecule has 4 nitrogen and oxygen atoms in total. The topological polar surface area (TPSA) is 51.0 Å². The van der Waals surface area contributed by atoms with Crippen molar-refractivity contribution in [1.82, 2.24) is 0 Å². The van der Waals surface area contributed by atoms with Crippen molar-refractivity contribution in [2.75, 3.05) is 6.61 Å². The summed E-state index contributed by atoms with van der Waals surface area (Å²) in [5.74, 6) is -0.508. The fourth-order valence-corrected chi connectivity index (χ4v) is 1.91. The van der Waals surface area contributed by atoms with Crippen molar-refractivity contribution in [1.29, 1.82) is 0 Å². The van der Waals surface area contributed by atoms with E-state index in [9.17, 15) is 4.79 Å². The maximum absolute atomic E-state index is 11.7. The predicted octanol–water partition coefficient (Wildman–Crippen LogP) is 3.23. The third-order valence-electron chi connectivity index (χ3n) is 1.79. The van der Waals surface area contributed by atoms with Gasteiger partial charge in [-0.3, -0.25) is 0 Å². The highest BCUT2D eigenvalue weighted by Gasteiger charge is 2.16. The highest BCUT2D eigenvalue weighted by atomic mass is 35.5. The summed E-state index contributed by atoms with van der Waals surface area (Å²) in [7, 11) is 0. The lowest BCUT2D eigenvalue weighted by Gasteiger charge is -2.01. The highest BCUT2D eigenvalue weighted by molar-refractivity contribution is 7.13. The molecule has 0 atom stereocenters. The molecular formula is C12H13ClN2O2S. The first kappa shape index (κ1) is 14.6. The molecule has 6 heteroatoms. The zero-order valence-corrected chi connectivity index (χ0v) is 11.5. The van der Waals surface area contributed by atoms with Crippen LogP contribution in [0.1, 0.15) is 18.2 Å². The van der Waals surface area contributed by atoms with Crippen LogP contribution in [0.3, 0.4) is 0 Å². The minimum atomic E-state index is -0.508. The van der Waals surface area contributed by atoms with Gasteiger partial charge < -0.3 is 4.74 Å². The molecule has 0 spiro atoms. The molecule has 1 aromatic rings. The van der Waals surface area contributed by atoms with Crippen LogP contribution in [0.2, 0.25) is 0 Å². The van der Waals surface area contributed by atoms with E-state index in [1.165, 1.54) is 11.3 Å². The van der Waals surface area contributed by atoms with E-state index in [4.69, 9.17) is 16.3 Å². The van der Waals surface area contributed by atoms with Gasteiger partial charge in [0.2, 0.25) is 0 Å². The van der Waals surface area contributed by atoms with Crippen molar-refractivity contribution < 1.29 is 9.53 Å². The number of thiophene rings is 1. The summed E-state index contributed by atoms with van der Waals surface area (Å²) in [4.78, 5) is 12.4. The number of carbonyl (C=O) groups is 1. The molecule has 1 rings (SSSR count). The van der Waals surface area contributed by atoms with Gasteiger partial charge in [0.05, 0.1) is 11.5 Å². The molecule has 0 amide bonds. The van der Waals surface area contributed by atoms with Gasteiger partial charge in [0.25, 0.3) is 0 Å². The second-order valence-electron chi connectivity index (χ2n) is 3.12. The molecule has 1 heterocycles. The van der Waals surface area contributed by atoms with Gasteiger partial charge in [0, 0.05) is 6.42 Å². The maximum atomic E-state index is 11.7. The van der Waals surface area contributed by atoms with Gasteiger partial charge in [-0.05, 0) is 18.4 Å². The van der Waals surface area contributed by atoms with E-state index in [-0.39, 0.29) is 17.5 Å². The predicted molar refractivity (Wildman–Crippen MR) is 75.6 cm³/mol. The Hall–Kier alpha value is -1.46. The second-order valence-corrected chi connectivity index (χ2v) is 4.50. The number of ether oxygens (including phenoxy) is 1. The summed E-state index contributed by atoms with van der Waals surface area (Å²) in [6, 6.07) is 3.60. The third-order valence-corrected chi connectivity index (χ3v) is 2.90. The number of hydrogen-bond donors (Lipinski definition) is 0. The first-order valence-electron chi connectivity index (χ1n) is 5.31. The largest absolute Gasteiger partial charge is 0.461 e. The summed E-state index contributed by atoms with van der Waals surface area (Å²) in [5, 5.41) is 9.76. The van der Waals surface area contributed by atoms with Crippen LogP contribution in [0, 0.1) is 0 Å². The minimum absolute atomic E-state index is 0.161. The Kier molecular flexibility index (Phi) is 6.32. The molecule has 0 aliphatic rings. The summed E-state index contributed by atoms with van der Waals surface area (Å²) in [5.41, 5.74) is 0.161. The standard InChI is InChI=1S/C12H13ClN2O2S/c1-3-6-10(13)14-15-11(12(16)17-4-2)9-7-5-8-18-9/h3,5,7-8H,1,4,6H2,2H3/b14-10+,15-11+. The van der Waals surface area contributed by atoms with E-state index in [0.717, 1.165) is 0 Å². The number of nitrogens with zero attached hydrogens (tertiary/aromatic N) is 2. The van der Waals surface area contributed by atoms with Gasteiger partial charge in [-0.2, -0.15) is 0 Å². The summed E-state index contributed by atoms with van der Waals surface area (Å²) >= 11 is 7.18. The Morgan fingerprint density at radius 2 is 2.39 bits per heavy atom. The van der Waals surface area contributed by atoms with Crippen molar-refractivity contribution >= 4 is 39.8 Å². The van der Waals surface area contributed by atoms with Crippen LogP contribution in [0.15, 0.2) is 40.4 Å². The molecule has 0 unspecified atom stereocenters. The average molecular weight is 285 g/mol. The van der Waals surface area contributed by atoms with E-state index < -0.39 is 5.97 Å². The van der Waals surface area contributed by atoms with E-state index in [0.29, 0.717) is 11.3 Å². The molecule has 0 radical (unpaired) electrons. The lowest BCUT2D eigenvalue weighted by molar-refractivity contribution is -0.134. The zero-order valence-electron chi connectivity index (χ0n) is 9.93. The summed E-state index contributed by atoms with van der Waals surface area (Å²) in [6.45, 7) is 5.56. The van der Waals surface area contributed by atoms with Gasteiger partial charge in [-0.15, -0.1) is 28.1 Å². The van der Waals surface area contributed by atoms with Gasteiger partial charge in [-0.25, -0.2) is 4.79 Å². The van der Waals surface area contributed by atoms with Gasteiger partial charge >= 0.3 is 5.97 Å². The fraction of sp³-hybridized carbons (Fsp3) is 0.250. The van der Waals surface area contributed by atoms with Crippen LogP contribution >= 0.6 is 22.9 Å². The van der Waals surface area contributed by atoms with Gasteiger partial charge in [-0.1, -0.05) is 23.7 Å². The summed E-state index contributed by atoms with van der Waals surface area (Å²) in [6.07, 6.45) is 2.02. The van der Waals surface area contributed by atoms with Crippen LogP contribution in [0.4, 0.5) is 0 Å². The molecular weight excluding hydrogens is 272 g/mol.